The summed E-state index contributed by atoms with van der Waals surface area (Å²) in [5.41, 5.74) is 5.03. The van der Waals surface area contributed by atoms with Gasteiger partial charge < -0.3 is 24.1 Å². The molecule has 0 saturated carbocycles. The number of ether oxygens (including phenoxy) is 3. The van der Waals surface area contributed by atoms with Gasteiger partial charge >= 0.3 is 0 Å². The van der Waals surface area contributed by atoms with Crippen molar-refractivity contribution in [1.29, 1.82) is 0 Å². The molecule has 0 aliphatic rings. The van der Waals surface area contributed by atoms with E-state index >= 15 is 0 Å². The molecule has 4 rings (SSSR count). The molecule has 1 aromatic heterocycles. The van der Waals surface area contributed by atoms with Crippen molar-refractivity contribution in [1.82, 2.24) is 14.9 Å². The highest BCUT2D eigenvalue weighted by atomic mass is 32.2. The number of carbonyl (C=O) groups is 1. The predicted molar refractivity (Wildman–Crippen MR) is 157 cm³/mol. The molecule has 1 N–H and O–H groups in total. The minimum atomic E-state index is -0.00416. The van der Waals surface area contributed by atoms with Crippen molar-refractivity contribution < 1.29 is 19.0 Å². The van der Waals surface area contributed by atoms with Gasteiger partial charge in [0.1, 0.15) is 17.2 Å². The average molecular weight is 546 g/mol. The monoisotopic (exact) mass is 545 g/mol. The first-order valence-electron chi connectivity index (χ1n) is 13.0. The summed E-state index contributed by atoms with van der Waals surface area (Å²) in [6.07, 6.45) is 1.30. The van der Waals surface area contributed by atoms with Crippen LogP contribution in [0.5, 0.6) is 17.2 Å². The summed E-state index contributed by atoms with van der Waals surface area (Å²) in [6.45, 7) is 3.55. The molecule has 1 amide bonds. The van der Waals surface area contributed by atoms with E-state index in [0.717, 1.165) is 63.4 Å². The van der Waals surface area contributed by atoms with E-state index in [4.69, 9.17) is 19.2 Å². The molecule has 8 heteroatoms. The van der Waals surface area contributed by atoms with Gasteiger partial charge in [-0.15, -0.1) is 0 Å². The predicted octanol–water partition coefficient (Wildman–Crippen LogP) is 6.10. The van der Waals surface area contributed by atoms with E-state index in [0.29, 0.717) is 18.7 Å². The van der Waals surface area contributed by atoms with Gasteiger partial charge in [-0.2, -0.15) is 0 Å². The van der Waals surface area contributed by atoms with Crippen molar-refractivity contribution in [2.45, 2.75) is 31.5 Å². The highest BCUT2D eigenvalue weighted by Gasteiger charge is 2.20. The molecule has 0 aliphatic heterocycles. The molecule has 3 aromatic carbocycles. The molecule has 0 fully saturated rings. The lowest BCUT2D eigenvalue weighted by atomic mass is 10.0. The van der Waals surface area contributed by atoms with Gasteiger partial charge in [0, 0.05) is 30.0 Å². The molecule has 0 saturated heterocycles. The maximum atomic E-state index is 12.5. The van der Waals surface area contributed by atoms with E-state index in [9.17, 15) is 4.79 Å². The number of aromatic nitrogens is 2. The van der Waals surface area contributed by atoms with Crippen LogP contribution >= 0.6 is 11.8 Å². The van der Waals surface area contributed by atoms with Crippen LogP contribution in [0.1, 0.15) is 18.9 Å². The minimum Gasteiger partial charge on any atom is -0.497 e. The third-order valence-electron chi connectivity index (χ3n) is 6.29. The lowest BCUT2D eigenvalue weighted by Crippen LogP contribution is -2.27. The number of rotatable bonds is 13. The summed E-state index contributed by atoms with van der Waals surface area (Å²) >= 11 is 1.65. The number of imidazole rings is 1. The molecular formula is C31H35N3O4S. The first kappa shape index (κ1) is 28.1. The molecule has 4 aromatic rings. The number of benzene rings is 3. The molecule has 204 valence electrons. The topological polar surface area (TPSA) is 74.6 Å². The Bertz CT molecular complexity index is 1350. The third kappa shape index (κ3) is 7.15. The summed E-state index contributed by atoms with van der Waals surface area (Å²) in [6, 6.07) is 23.6. The summed E-state index contributed by atoms with van der Waals surface area (Å²) < 4.78 is 18.2. The molecule has 0 bridgehead atoms. The number of amides is 1. The number of hydrogen-bond acceptors (Lipinski definition) is 6. The van der Waals surface area contributed by atoms with Crippen LogP contribution < -0.4 is 19.5 Å². The first-order valence-corrected chi connectivity index (χ1v) is 14.0. The van der Waals surface area contributed by atoms with Crippen molar-refractivity contribution in [2.75, 3.05) is 33.6 Å². The van der Waals surface area contributed by atoms with E-state index in [-0.39, 0.29) is 5.91 Å². The average Bonchev–Trinajstić information content (AvgIpc) is 3.33. The number of nitrogens with zero attached hydrogens (tertiary/aromatic N) is 2. The Labute approximate surface area is 234 Å². The first-order chi connectivity index (χ1) is 19.1. The highest BCUT2D eigenvalue weighted by molar-refractivity contribution is 7.99. The van der Waals surface area contributed by atoms with E-state index in [2.05, 4.69) is 28.9 Å². The van der Waals surface area contributed by atoms with E-state index in [1.54, 1.807) is 33.1 Å². The summed E-state index contributed by atoms with van der Waals surface area (Å²) in [5, 5.41) is 3.96. The van der Waals surface area contributed by atoms with Gasteiger partial charge in [0.2, 0.25) is 5.91 Å². The second-order valence-electron chi connectivity index (χ2n) is 8.92. The van der Waals surface area contributed by atoms with Crippen LogP contribution in [-0.2, 0) is 17.8 Å². The molecule has 0 unspecified atom stereocenters. The number of carbonyl (C=O) groups excluding carboxylic acids is 1. The van der Waals surface area contributed by atoms with E-state index < -0.39 is 0 Å². The fourth-order valence-electron chi connectivity index (χ4n) is 4.29. The Morgan fingerprint density at radius 1 is 0.821 bits per heavy atom. The Morgan fingerprint density at radius 3 is 1.90 bits per heavy atom. The number of methoxy groups -OCH3 is 3. The van der Waals surface area contributed by atoms with Gasteiger partial charge in [0.25, 0.3) is 0 Å². The van der Waals surface area contributed by atoms with Crippen molar-refractivity contribution in [3.05, 3.63) is 78.4 Å². The lowest BCUT2D eigenvalue weighted by Gasteiger charge is -2.13. The lowest BCUT2D eigenvalue weighted by molar-refractivity contribution is -0.120. The van der Waals surface area contributed by atoms with Gasteiger partial charge in [0.05, 0.1) is 39.1 Å². The fourth-order valence-corrected chi connectivity index (χ4v) is 5.17. The number of hydrogen-bond donors (Lipinski definition) is 1. The van der Waals surface area contributed by atoms with Crippen molar-refractivity contribution >= 4 is 17.7 Å². The van der Waals surface area contributed by atoms with Crippen LogP contribution in [0.2, 0.25) is 0 Å². The maximum Gasteiger partial charge on any atom is 0.224 e. The second-order valence-corrected chi connectivity index (χ2v) is 9.99. The van der Waals surface area contributed by atoms with E-state index in [1.807, 2.05) is 60.7 Å². The minimum absolute atomic E-state index is 0.00416. The maximum absolute atomic E-state index is 12.5. The Kier molecular flexibility index (Phi) is 9.91. The SMILES string of the molecule is CCCn1c(SCCNC(=O)Cc2ccc(OC)cc2)nc(-c2ccc(OC)cc2)c1-c1ccc(OC)cc1. The zero-order chi connectivity index (χ0) is 27.6. The van der Waals surface area contributed by atoms with Gasteiger partial charge in [-0.1, -0.05) is 30.8 Å². The van der Waals surface area contributed by atoms with Crippen LogP contribution in [-0.4, -0.2) is 49.1 Å². The standard InChI is InChI=1S/C31H35N3O4S/c1-5-19-34-30(24-10-16-27(38-4)17-11-24)29(23-8-14-26(37-3)15-9-23)33-31(34)39-20-18-32-28(35)21-22-6-12-25(36-2)13-7-22/h6-17H,5,18-21H2,1-4H3,(H,32,35). The number of nitrogens with one attached hydrogen (secondary N) is 1. The van der Waals surface area contributed by atoms with Crippen LogP contribution in [0.25, 0.3) is 22.5 Å². The second kappa shape index (κ2) is 13.8. The van der Waals surface area contributed by atoms with Crippen molar-refractivity contribution in [2.24, 2.45) is 0 Å². The fraction of sp³-hybridized carbons (Fsp3) is 0.290. The molecular weight excluding hydrogens is 510 g/mol. The van der Waals surface area contributed by atoms with Crippen molar-refractivity contribution in [3.8, 4) is 39.8 Å². The van der Waals surface area contributed by atoms with Crippen LogP contribution in [0.3, 0.4) is 0 Å². The quantitative estimate of drug-likeness (QED) is 0.162. The van der Waals surface area contributed by atoms with Gasteiger partial charge in [-0.05, 0) is 72.6 Å². The smallest absolute Gasteiger partial charge is 0.224 e. The molecule has 0 radical (unpaired) electrons. The summed E-state index contributed by atoms with van der Waals surface area (Å²) in [7, 11) is 4.97. The Balaban J connectivity index is 1.53. The van der Waals surface area contributed by atoms with Crippen molar-refractivity contribution in [3.63, 3.8) is 0 Å². The number of thioether (sulfide) groups is 1. The zero-order valence-electron chi connectivity index (χ0n) is 22.9. The van der Waals surface area contributed by atoms with Crippen LogP contribution in [0.4, 0.5) is 0 Å². The zero-order valence-corrected chi connectivity index (χ0v) is 23.7. The molecule has 0 atom stereocenters. The van der Waals surface area contributed by atoms with E-state index in [1.165, 1.54) is 0 Å². The molecule has 0 spiro atoms. The summed E-state index contributed by atoms with van der Waals surface area (Å²) in [5.74, 6) is 3.10. The molecule has 0 aliphatic carbocycles. The van der Waals surface area contributed by atoms with Crippen LogP contribution in [0.15, 0.2) is 78.0 Å². The van der Waals surface area contributed by atoms with Gasteiger partial charge in [-0.25, -0.2) is 4.98 Å². The largest absolute Gasteiger partial charge is 0.497 e. The Hall–Kier alpha value is -3.91. The van der Waals surface area contributed by atoms with Gasteiger partial charge in [-0.3, -0.25) is 4.79 Å². The molecule has 7 nitrogen and oxygen atoms in total. The molecule has 39 heavy (non-hydrogen) atoms. The van der Waals surface area contributed by atoms with Crippen LogP contribution in [0, 0.1) is 0 Å². The molecule has 1 heterocycles. The highest BCUT2D eigenvalue weighted by Crippen LogP contribution is 2.37. The van der Waals surface area contributed by atoms with Gasteiger partial charge in [0.15, 0.2) is 5.16 Å². The summed E-state index contributed by atoms with van der Waals surface area (Å²) in [4.78, 5) is 17.6. The third-order valence-corrected chi connectivity index (χ3v) is 7.26. The normalized spacial score (nSPS) is 10.8. The Morgan fingerprint density at radius 2 is 1.36 bits per heavy atom.